The summed E-state index contributed by atoms with van der Waals surface area (Å²) in [6.45, 7) is 9.27. The second kappa shape index (κ2) is 6.07. The van der Waals surface area contributed by atoms with Gasteiger partial charge in [-0.25, -0.2) is 9.97 Å². The molecule has 1 aromatic rings. The predicted octanol–water partition coefficient (Wildman–Crippen LogP) is 2.30. The van der Waals surface area contributed by atoms with E-state index in [4.69, 9.17) is 10.5 Å². The summed E-state index contributed by atoms with van der Waals surface area (Å²) < 4.78 is 5.90. The standard InChI is InChI=1S/C13H23N3O/c1-5-13(6-2,17-7-3)12-15-10(4)8-11(9-14)16-12/h8H,5-7,9,14H2,1-4H3. The zero-order chi connectivity index (χ0) is 12.9. The third-order valence-corrected chi connectivity index (χ3v) is 3.09. The Kier molecular flexibility index (Phi) is 5.02. The van der Waals surface area contributed by atoms with Gasteiger partial charge in [0.25, 0.3) is 0 Å². The first-order valence-corrected chi connectivity index (χ1v) is 6.30. The third-order valence-electron chi connectivity index (χ3n) is 3.09. The Morgan fingerprint density at radius 3 is 2.35 bits per heavy atom. The average molecular weight is 237 g/mol. The highest BCUT2D eigenvalue weighted by Gasteiger charge is 2.32. The molecule has 0 fully saturated rings. The summed E-state index contributed by atoms with van der Waals surface area (Å²) in [5.74, 6) is 0.768. The molecule has 0 unspecified atom stereocenters. The number of nitrogens with zero attached hydrogens (tertiary/aromatic N) is 2. The van der Waals surface area contributed by atoms with Gasteiger partial charge in [-0.15, -0.1) is 0 Å². The van der Waals surface area contributed by atoms with E-state index in [1.807, 2.05) is 19.9 Å². The van der Waals surface area contributed by atoms with Crippen LogP contribution in [0.3, 0.4) is 0 Å². The molecule has 0 atom stereocenters. The molecule has 4 heteroatoms. The normalized spacial score (nSPS) is 11.8. The SMILES string of the molecule is CCOC(CC)(CC)c1nc(C)cc(CN)n1. The molecule has 1 heterocycles. The smallest absolute Gasteiger partial charge is 0.160 e. The molecule has 2 N–H and O–H groups in total. The van der Waals surface area contributed by atoms with E-state index in [1.54, 1.807) is 0 Å². The van der Waals surface area contributed by atoms with Gasteiger partial charge in [-0.3, -0.25) is 0 Å². The van der Waals surface area contributed by atoms with Gasteiger partial charge in [-0.05, 0) is 32.8 Å². The van der Waals surface area contributed by atoms with E-state index < -0.39 is 0 Å². The van der Waals surface area contributed by atoms with Crippen molar-refractivity contribution in [1.82, 2.24) is 9.97 Å². The molecule has 0 aromatic carbocycles. The first kappa shape index (κ1) is 14.1. The topological polar surface area (TPSA) is 61.0 Å². The van der Waals surface area contributed by atoms with Crippen LogP contribution in [0.25, 0.3) is 0 Å². The van der Waals surface area contributed by atoms with Crippen LogP contribution < -0.4 is 5.73 Å². The Labute approximate surface area is 104 Å². The van der Waals surface area contributed by atoms with Crippen molar-refractivity contribution >= 4 is 0 Å². The summed E-state index contributed by atoms with van der Waals surface area (Å²) in [7, 11) is 0. The maximum absolute atomic E-state index is 5.90. The van der Waals surface area contributed by atoms with E-state index in [1.165, 1.54) is 0 Å². The Morgan fingerprint density at radius 1 is 1.24 bits per heavy atom. The lowest BCUT2D eigenvalue weighted by molar-refractivity contribution is -0.0574. The molecule has 0 aliphatic heterocycles. The molecule has 0 aliphatic carbocycles. The molecule has 17 heavy (non-hydrogen) atoms. The number of nitrogens with two attached hydrogens (primary N) is 1. The first-order chi connectivity index (χ1) is 8.11. The summed E-state index contributed by atoms with van der Waals surface area (Å²) in [5, 5.41) is 0. The fraction of sp³-hybridized carbons (Fsp3) is 0.692. The first-order valence-electron chi connectivity index (χ1n) is 6.30. The Bertz CT molecular complexity index is 362. The van der Waals surface area contributed by atoms with Gasteiger partial charge in [0.2, 0.25) is 0 Å². The van der Waals surface area contributed by atoms with Crippen molar-refractivity contribution in [2.45, 2.75) is 52.7 Å². The van der Waals surface area contributed by atoms with Crippen LogP contribution in [0.2, 0.25) is 0 Å². The lowest BCUT2D eigenvalue weighted by Crippen LogP contribution is -2.31. The second-order valence-corrected chi connectivity index (χ2v) is 4.16. The van der Waals surface area contributed by atoms with Crippen molar-refractivity contribution in [1.29, 1.82) is 0 Å². The molecule has 4 nitrogen and oxygen atoms in total. The maximum atomic E-state index is 5.90. The highest BCUT2D eigenvalue weighted by Crippen LogP contribution is 2.30. The van der Waals surface area contributed by atoms with Crippen LogP contribution in [0, 0.1) is 6.92 Å². The average Bonchev–Trinajstić information content (AvgIpc) is 2.35. The fourth-order valence-electron chi connectivity index (χ4n) is 2.05. The van der Waals surface area contributed by atoms with Gasteiger partial charge in [-0.2, -0.15) is 0 Å². The van der Waals surface area contributed by atoms with Crippen LogP contribution in [0.5, 0.6) is 0 Å². The summed E-state index contributed by atoms with van der Waals surface area (Å²) in [6, 6.07) is 1.92. The number of hydrogen-bond donors (Lipinski definition) is 1. The number of ether oxygens (including phenoxy) is 1. The van der Waals surface area contributed by atoms with Crippen molar-refractivity contribution in [3.63, 3.8) is 0 Å². The maximum Gasteiger partial charge on any atom is 0.160 e. The second-order valence-electron chi connectivity index (χ2n) is 4.16. The van der Waals surface area contributed by atoms with Crippen molar-refractivity contribution in [2.75, 3.05) is 6.61 Å². The number of aromatic nitrogens is 2. The zero-order valence-electron chi connectivity index (χ0n) is 11.3. The number of hydrogen-bond acceptors (Lipinski definition) is 4. The van der Waals surface area contributed by atoms with E-state index in [2.05, 4.69) is 23.8 Å². The van der Waals surface area contributed by atoms with Crippen LogP contribution in [0.1, 0.15) is 50.8 Å². The summed E-state index contributed by atoms with van der Waals surface area (Å²) in [5.41, 5.74) is 7.11. The molecule has 96 valence electrons. The fourth-order valence-corrected chi connectivity index (χ4v) is 2.05. The van der Waals surface area contributed by atoms with Crippen LogP contribution in [-0.2, 0) is 16.9 Å². The Balaban J connectivity index is 3.21. The molecule has 0 aliphatic rings. The Hall–Kier alpha value is -1.00. The highest BCUT2D eigenvalue weighted by atomic mass is 16.5. The van der Waals surface area contributed by atoms with Crippen molar-refractivity contribution in [3.05, 3.63) is 23.3 Å². The van der Waals surface area contributed by atoms with Crippen LogP contribution in [-0.4, -0.2) is 16.6 Å². The van der Waals surface area contributed by atoms with Gasteiger partial charge >= 0.3 is 0 Å². The van der Waals surface area contributed by atoms with Gasteiger partial charge in [0.05, 0.1) is 5.69 Å². The van der Waals surface area contributed by atoms with E-state index in [0.717, 1.165) is 30.1 Å². The quantitative estimate of drug-likeness (QED) is 0.824. The minimum atomic E-state index is -0.370. The van der Waals surface area contributed by atoms with Gasteiger partial charge in [0, 0.05) is 18.8 Å². The van der Waals surface area contributed by atoms with Gasteiger partial charge in [0.1, 0.15) is 5.60 Å². The van der Waals surface area contributed by atoms with Crippen molar-refractivity contribution < 1.29 is 4.74 Å². The van der Waals surface area contributed by atoms with Gasteiger partial charge < -0.3 is 10.5 Å². The number of rotatable bonds is 6. The molecule has 0 spiro atoms. The number of aryl methyl sites for hydroxylation is 1. The molecular formula is C13H23N3O. The summed E-state index contributed by atoms with van der Waals surface area (Å²) >= 11 is 0. The molecule has 1 aromatic heterocycles. The van der Waals surface area contributed by atoms with E-state index in [0.29, 0.717) is 13.2 Å². The van der Waals surface area contributed by atoms with Crippen molar-refractivity contribution in [3.8, 4) is 0 Å². The van der Waals surface area contributed by atoms with Crippen LogP contribution in [0.4, 0.5) is 0 Å². The van der Waals surface area contributed by atoms with E-state index in [-0.39, 0.29) is 5.60 Å². The molecule has 0 bridgehead atoms. The molecular weight excluding hydrogens is 214 g/mol. The van der Waals surface area contributed by atoms with Gasteiger partial charge in [0.15, 0.2) is 5.82 Å². The summed E-state index contributed by atoms with van der Waals surface area (Å²) in [6.07, 6.45) is 1.73. The predicted molar refractivity (Wildman–Crippen MR) is 68.5 cm³/mol. The molecule has 0 saturated carbocycles. The van der Waals surface area contributed by atoms with E-state index >= 15 is 0 Å². The molecule has 1 rings (SSSR count). The minimum Gasteiger partial charge on any atom is -0.367 e. The Morgan fingerprint density at radius 2 is 1.88 bits per heavy atom. The molecule has 0 radical (unpaired) electrons. The van der Waals surface area contributed by atoms with E-state index in [9.17, 15) is 0 Å². The zero-order valence-corrected chi connectivity index (χ0v) is 11.3. The highest BCUT2D eigenvalue weighted by molar-refractivity contribution is 5.14. The lowest BCUT2D eigenvalue weighted by atomic mass is 9.95. The van der Waals surface area contributed by atoms with Crippen LogP contribution >= 0.6 is 0 Å². The van der Waals surface area contributed by atoms with Gasteiger partial charge in [-0.1, -0.05) is 13.8 Å². The van der Waals surface area contributed by atoms with Crippen molar-refractivity contribution in [2.24, 2.45) is 5.73 Å². The largest absolute Gasteiger partial charge is 0.367 e. The molecule has 0 saturated heterocycles. The van der Waals surface area contributed by atoms with Crippen LogP contribution in [0.15, 0.2) is 6.07 Å². The lowest BCUT2D eigenvalue weighted by Gasteiger charge is -2.30. The summed E-state index contributed by atoms with van der Waals surface area (Å²) in [4.78, 5) is 9.05. The third kappa shape index (κ3) is 3.01. The molecule has 0 amide bonds. The monoisotopic (exact) mass is 237 g/mol. The minimum absolute atomic E-state index is 0.370.